The highest BCUT2D eigenvalue weighted by molar-refractivity contribution is 9.10. The monoisotopic (exact) mass is 297 g/mol. The van der Waals surface area contributed by atoms with E-state index >= 15 is 0 Å². The van der Waals surface area contributed by atoms with Gasteiger partial charge in [0.25, 0.3) is 0 Å². The van der Waals surface area contributed by atoms with E-state index in [2.05, 4.69) is 34.2 Å². The van der Waals surface area contributed by atoms with Crippen molar-refractivity contribution >= 4 is 22.0 Å². The van der Waals surface area contributed by atoms with Crippen LogP contribution in [-0.2, 0) is 0 Å². The second-order valence-corrected chi connectivity index (χ2v) is 5.55. The first-order valence-corrected chi connectivity index (χ1v) is 6.84. The van der Waals surface area contributed by atoms with E-state index in [1.165, 1.54) is 18.9 Å². The predicted molar refractivity (Wildman–Crippen MR) is 73.4 cm³/mol. The first-order chi connectivity index (χ1) is 8.15. The number of nitrogens with one attached hydrogen (secondary N) is 1. The fraction of sp³-hybridized carbons (Fsp3) is 0.429. The maximum Gasteiger partial charge on any atom is 0.130 e. The summed E-state index contributed by atoms with van der Waals surface area (Å²) >= 11 is 3.36. The van der Waals surface area contributed by atoms with E-state index in [9.17, 15) is 4.39 Å². The highest BCUT2D eigenvalue weighted by Gasteiger charge is 2.14. The molecule has 0 aliphatic carbocycles. The SMILES string of the molecule is CC1CCCC(/C=C/c2cc(Br)ccc2F)N1. The van der Waals surface area contributed by atoms with Crippen LogP contribution in [0.25, 0.3) is 6.08 Å². The van der Waals surface area contributed by atoms with Crippen molar-refractivity contribution in [2.24, 2.45) is 0 Å². The molecule has 1 N–H and O–H groups in total. The molecule has 1 heterocycles. The number of piperidine rings is 1. The highest BCUT2D eigenvalue weighted by Crippen LogP contribution is 2.18. The van der Waals surface area contributed by atoms with Gasteiger partial charge in [-0.05, 0) is 38.0 Å². The Balaban J connectivity index is 2.06. The Bertz CT molecular complexity index is 417. The van der Waals surface area contributed by atoms with Crippen molar-refractivity contribution in [3.05, 3.63) is 40.1 Å². The van der Waals surface area contributed by atoms with Gasteiger partial charge >= 0.3 is 0 Å². The average molecular weight is 298 g/mol. The first kappa shape index (κ1) is 12.8. The van der Waals surface area contributed by atoms with Gasteiger partial charge in [0.05, 0.1) is 0 Å². The lowest BCUT2D eigenvalue weighted by atomic mass is 9.99. The fourth-order valence-electron chi connectivity index (χ4n) is 2.19. The predicted octanol–water partition coefficient (Wildman–Crippen LogP) is 4.13. The molecule has 2 rings (SSSR count). The summed E-state index contributed by atoms with van der Waals surface area (Å²) in [6.45, 7) is 2.19. The van der Waals surface area contributed by atoms with Crippen LogP contribution in [0.15, 0.2) is 28.7 Å². The molecule has 0 saturated carbocycles. The summed E-state index contributed by atoms with van der Waals surface area (Å²) in [5.74, 6) is -0.173. The van der Waals surface area contributed by atoms with Gasteiger partial charge in [0.15, 0.2) is 0 Å². The molecule has 0 amide bonds. The quantitative estimate of drug-likeness (QED) is 0.865. The maximum absolute atomic E-state index is 13.5. The Hall–Kier alpha value is -0.670. The lowest BCUT2D eigenvalue weighted by molar-refractivity contribution is 0.375. The third kappa shape index (κ3) is 3.65. The Morgan fingerprint density at radius 2 is 2.24 bits per heavy atom. The molecule has 2 unspecified atom stereocenters. The standard InChI is InChI=1S/C14H17BrFN/c1-10-3-2-4-13(17-10)7-5-11-9-12(15)6-8-14(11)16/h5-10,13,17H,2-4H2,1H3/b7-5+. The van der Waals surface area contributed by atoms with Crippen molar-refractivity contribution in [1.82, 2.24) is 5.32 Å². The molecule has 0 aromatic heterocycles. The lowest BCUT2D eigenvalue weighted by Crippen LogP contribution is -2.39. The molecule has 17 heavy (non-hydrogen) atoms. The van der Waals surface area contributed by atoms with Gasteiger partial charge in [-0.25, -0.2) is 4.39 Å². The van der Waals surface area contributed by atoms with Gasteiger partial charge in [0.2, 0.25) is 0 Å². The van der Waals surface area contributed by atoms with Crippen LogP contribution < -0.4 is 5.32 Å². The molecule has 3 heteroatoms. The number of benzene rings is 1. The molecule has 1 aliphatic rings. The molecular formula is C14H17BrFN. The van der Waals surface area contributed by atoms with E-state index in [0.29, 0.717) is 17.6 Å². The van der Waals surface area contributed by atoms with E-state index in [-0.39, 0.29) is 5.82 Å². The topological polar surface area (TPSA) is 12.0 Å². The van der Waals surface area contributed by atoms with Gasteiger partial charge in [-0.2, -0.15) is 0 Å². The second kappa shape index (κ2) is 5.78. The molecule has 0 spiro atoms. The van der Waals surface area contributed by atoms with Crippen LogP contribution in [0.4, 0.5) is 4.39 Å². The van der Waals surface area contributed by atoms with E-state index in [1.807, 2.05) is 6.08 Å². The van der Waals surface area contributed by atoms with Crippen molar-refractivity contribution in [3.8, 4) is 0 Å². The van der Waals surface area contributed by atoms with Gasteiger partial charge in [-0.1, -0.05) is 34.5 Å². The van der Waals surface area contributed by atoms with Crippen LogP contribution in [0.1, 0.15) is 31.7 Å². The Morgan fingerprint density at radius 1 is 1.41 bits per heavy atom. The fourth-order valence-corrected chi connectivity index (χ4v) is 2.57. The van der Waals surface area contributed by atoms with Crippen molar-refractivity contribution < 1.29 is 4.39 Å². The molecule has 1 aromatic rings. The number of halogens is 2. The molecule has 1 fully saturated rings. The van der Waals surface area contributed by atoms with Crippen LogP contribution in [0.2, 0.25) is 0 Å². The summed E-state index contributed by atoms with van der Waals surface area (Å²) in [6, 6.07) is 5.94. The molecule has 0 radical (unpaired) electrons. The minimum atomic E-state index is -0.173. The number of rotatable bonds is 2. The van der Waals surface area contributed by atoms with Crippen LogP contribution in [-0.4, -0.2) is 12.1 Å². The molecule has 0 bridgehead atoms. The third-order valence-corrected chi connectivity index (χ3v) is 3.61. The second-order valence-electron chi connectivity index (χ2n) is 4.63. The van der Waals surface area contributed by atoms with Crippen LogP contribution in [0.3, 0.4) is 0 Å². The van der Waals surface area contributed by atoms with Gasteiger partial charge in [-0.3, -0.25) is 0 Å². The van der Waals surface area contributed by atoms with Crippen molar-refractivity contribution in [1.29, 1.82) is 0 Å². The lowest BCUT2D eigenvalue weighted by Gasteiger charge is -2.26. The minimum absolute atomic E-state index is 0.173. The highest BCUT2D eigenvalue weighted by atomic mass is 79.9. The number of hydrogen-bond donors (Lipinski definition) is 1. The summed E-state index contributed by atoms with van der Waals surface area (Å²) in [6.07, 6.45) is 7.55. The zero-order valence-electron chi connectivity index (χ0n) is 9.92. The summed E-state index contributed by atoms with van der Waals surface area (Å²) in [5, 5.41) is 3.50. The third-order valence-electron chi connectivity index (χ3n) is 3.12. The largest absolute Gasteiger partial charge is 0.308 e. The first-order valence-electron chi connectivity index (χ1n) is 6.04. The normalized spacial score (nSPS) is 25.4. The average Bonchev–Trinajstić information content (AvgIpc) is 2.30. The van der Waals surface area contributed by atoms with Crippen molar-refractivity contribution in [2.45, 2.75) is 38.3 Å². The minimum Gasteiger partial charge on any atom is -0.308 e. The van der Waals surface area contributed by atoms with Crippen molar-refractivity contribution in [2.75, 3.05) is 0 Å². The zero-order valence-corrected chi connectivity index (χ0v) is 11.5. The van der Waals surface area contributed by atoms with Crippen molar-refractivity contribution in [3.63, 3.8) is 0 Å². The van der Waals surface area contributed by atoms with Gasteiger partial charge in [0.1, 0.15) is 5.82 Å². The summed E-state index contributed by atoms with van der Waals surface area (Å²) in [4.78, 5) is 0. The Morgan fingerprint density at radius 3 is 3.00 bits per heavy atom. The van der Waals surface area contributed by atoms with Gasteiger partial charge in [0, 0.05) is 22.1 Å². The summed E-state index contributed by atoms with van der Waals surface area (Å²) < 4.78 is 14.4. The Kier molecular flexibility index (Phi) is 4.35. The smallest absolute Gasteiger partial charge is 0.130 e. The van der Waals surface area contributed by atoms with E-state index < -0.39 is 0 Å². The Labute approximate surface area is 110 Å². The van der Waals surface area contributed by atoms with Gasteiger partial charge in [-0.15, -0.1) is 0 Å². The van der Waals surface area contributed by atoms with E-state index in [1.54, 1.807) is 12.1 Å². The van der Waals surface area contributed by atoms with E-state index in [4.69, 9.17) is 0 Å². The summed E-state index contributed by atoms with van der Waals surface area (Å²) in [7, 11) is 0. The maximum atomic E-state index is 13.5. The molecular weight excluding hydrogens is 281 g/mol. The molecule has 1 aromatic carbocycles. The van der Waals surface area contributed by atoms with E-state index in [0.717, 1.165) is 10.9 Å². The zero-order chi connectivity index (χ0) is 12.3. The molecule has 92 valence electrons. The summed E-state index contributed by atoms with van der Waals surface area (Å²) in [5.41, 5.74) is 0.638. The molecule has 2 atom stereocenters. The number of hydrogen-bond acceptors (Lipinski definition) is 1. The van der Waals surface area contributed by atoms with Crippen LogP contribution in [0.5, 0.6) is 0 Å². The van der Waals surface area contributed by atoms with Crippen LogP contribution >= 0.6 is 15.9 Å². The van der Waals surface area contributed by atoms with Gasteiger partial charge < -0.3 is 5.32 Å². The molecule has 1 saturated heterocycles. The van der Waals surface area contributed by atoms with Crippen LogP contribution in [0, 0.1) is 5.82 Å². The molecule has 1 nitrogen and oxygen atoms in total. The molecule has 1 aliphatic heterocycles.